The first-order valence-corrected chi connectivity index (χ1v) is 7.80. The van der Waals surface area contributed by atoms with Gasteiger partial charge in [0.25, 0.3) is 5.91 Å². The van der Waals surface area contributed by atoms with E-state index in [1.807, 2.05) is 42.2 Å². The van der Waals surface area contributed by atoms with Crippen LogP contribution in [0.4, 0.5) is 0 Å². The molecule has 0 unspecified atom stereocenters. The van der Waals surface area contributed by atoms with E-state index in [2.05, 4.69) is 0 Å². The fourth-order valence-corrected chi connectivity index (χ4v) is 2.96. The Balaban J connectivity index is 1.89. The molecule has 1 amide bonds. The van der Waals surface area contributed by atoms with E-state index in [0.29, 0.717) is 5.56 Å². The number of carbonyl (C=O) groups excluding carboxylic acids is 1. The summed E-state index contributed by atoms with van der Waals surface area (Å²) in [5.41, 5.74) is 3.76. The predicted octanol–water partition coefficient (Wildman–Crippen LogP) is 3.60. The van der Waals surface area contributed by atoms with Gasteiger partial charge in [0.1, 0.15) is 0 Å². The summed E-state index contributed by atoms with van der Waals surface area (Å²) in [5.74, 6) is -0.864. The van der Waals surface area contributed by atoms with Gasteiger partial charge in [-0.2, -0.15) is 0 Å². The van der Waals surface area contributed by atoms with Crippen LogP contribution < -0.4 is 0 Å². The van der Waals surface area contributed by atoms with Crippen molar-refractivity contribution in [2.24, 2.45) is 0 Å². The summed E-state index contributed by atoms with van der Waals surface area (Å²) in [4.78, 5) is 25.4. The molecule has 2 aromatic rings. The van der Waals surface area contributed by atoms with Crippen LogP contribution in [-0.4, -0.2) is 35.0 Å². The van der Waals surface area contributed by atoms with Gasteiger partial charge in [0.05, 0.1) is 5.56 Å². The van der Waals surface area contributed by atoms with Crippen LogP contribution in [0.2, 0.25) is 0 Å². The standard InChI is InChI=1S/C19H19NO3/c1-13-4-5-16(19(22)23)12-17(13)14-6-8-15(9-7-14)18(21)20-10-2-3-11-20/h4-9,12H,2-3,10-11H2,1H3,(H,22,23). The summed E-state index contributed by atoms with van der Waals surface area (Å²) in [6, 6.07) is 12.5. The summed E-state index contributed by atoms with van der Waals surface area (Å²) in [7, 11) is 0. The maximum atomic E-state index is 12.4. The van der Waals surface area contributed by atoms with Gasteiger partial charge in [-0.1, -0.05) is 18.2 Å². The fraction of sp³-hybridized carbons (Fsp3) is 0.263. The van der Waals surface area contributed by atoms with Crippen LogP contribution >= 0.6 is 0 Å². The van der Waals surface area contributed by atoms with Crippen LogP contribution in [0.25, 0.3) is 11.1 Å². The molecular formula is C19H19NO3. The molecule has 1 saturated heterocycles. The Morgan fingerprint density at radius 3 is 2.17 bits per heavy atom. The highest BCUT2D eigenvalue weighted by atomic mass is 16.4. The van der Waals surface area contributed by atoms with E-state index in [0.717, 1.165) is 42.6 Å². The van der Waals surface area contributed by atoms with E-state index in [1.165, 1.54) is 0 Å². The molecule has 1 aliphatic heterocycles. The number of likely N-dealkylation sites (tertiary alicyclic amines) is 1. The summed E-state index contributed by atoms with van der Waals surface area (Å²) in [5, 5.41) is 9.14. The second-order valence-electron chi connectivity index (χ2n) is 5.91. The maximum absolute atomic E-state index is 12.4. The highest BCUT2D eigenvalue weighted by Crippen LogP contribution is 2.25. The van der Waals surface area contributed by atoms with Crippen molar-refractivity contribution in [3.8, 4) is 11.1 Å². The van der Waals surface area contributed by atoms with Crippen LogP contribution in [0.3, 0.4) is 0 Å². The molecule has 118 valence electrons. The normalized spacial score (nSPS) is 14.0. The number of hydrogen-bond donors (Lipinski definition) is 1. The average molecular weight is 309 g/mol. The molecule has 0 aromatic heterocycles. The average Bonchev–Trinajstić information content (AvgIpc) is 3.09. The van der Waals surface area contributed by atoms with Gasteiger partial charge < -0.3 is 10.0 Å². The number of amides is 1. The van der Waals surface area contributed by atoms with Crippen LogP contribution in [0.1, 0.15) is 39.1 Å². The molecule has 0 atom stereocenters. The SMILES string of the molecule is Cc1ccc(C(=O)O)cc1-c1ccc(C(=O)N2CCCC2)cc1. The Hall–Kier alpha value is -2.62. The highest BCUT2D eigenvalue weighted by Gasteiger charge is 2.19. The smallest absolute Gasteiger partial charge is 0.335 e. The van der Waals surface area contributed by atoms with Crippen LogP contribution in [0, 0.1) is 6.92 Å². The molecule has 1 N–H and O–H groups in total. The molecular weight excluding hydrogens is 290 g/mol. The third-order valence-corrected chi connectivity index (χ3v) is 4.32. The van der Waals surface area contributed by atoms with Gasteiger partial charge in [-0.3, -0.25) is 4.79 Å². The first-order valence-electron chi connectivity index (χ1n) is 7.80. The molecule has 2 aromatic carbocycles. The summed E-state index contributed by atoms with van der Waals surface area (Å²) < 4.78 is 0. The van der Waals surface area contributed by atoms with Gasteiger partial charge in [0.15, 0.2) is 0 Å². The lowest BCUT2D eigenvalue weighted by molar-refractivity contribution is 0.0696. The Bertz CT molecular complexity index is 744. The first kappa shape index (κ1) is 15.3. The van der Waals surface area contributed by atoms with Gasteiger partial charge in [0, 0.05) is 18.7 Å². The molecule has 0 bridgehead atoms. The third-order valence-electron chi connectivity index (χ3n) is 4.32. The number of benzene rings is 2. The van der Waals surface area contributed by atoms with Crippen molar-refractivity contribution in [1.82, 2.24) is 4.90 Å². The van der Waals surface area contributed by atoms with Crippen molar-refractivity contribution in [3.05, 3.63) is 59.2 Å². The van der Waals surface area contributed by atoms with Gasteiger partial charge in [-0.15, -0.1) is 0 Å². The molecule has 0 spiro atoms. The van der Waals surface area contributed by atoms with Crippen molar-refractivity contribution in [1.29, 1.82) is 0 Å². The lowest BCUT2D eigenvalue weighted by atomic mass is 9.97. The van der Waals surface area contributed by atoms with Crippen LogP contribution in [-0.2, 0) is 0 Å². The second-order valence-corrected chi connectivity index (χ2v) is 5.91. The number of rotatable bonds is 3. The molecule has 1 heterocycles. The van der Waals surface area contributed by atoms with E-state index in [-0.39, 0.29) is 11.5 Å². The van der Waals surface area contributed by atoms with E-state index in [9.17, 15) is 9.59 Å². The number of carbonyl (C=O) groups is 2. The number of carboxylic acid groups (broad SMARTS) is 1. The molecule has 3 rings (SSSR count). The number of carboxylic acids is 1. The number of hydrogen-bond acceptors (Lipinski definition) is 2. The van der Waals surface area contributed by atoms with Crippen molar-refractivity contribution in [3.63, 3.8) is 0 Å². The van der Waals surface area contributed by atoms with Crippen LogP contribution in [0.15, 0.2) is 42.5 Å². The molecule has 23 heavy (non-hydrogen) atoms. The van der Waals surface area contributed by atoms with Gasteiger partial charge in [-0.25, -0.2) is 4.79 Å². The molecule has 4 heteroatoms. The van der Waals surface area contributed by atoms with Crippen LogP contribution in [0.5, 0.6) is 0 Å². The number of nitrogens with zero attached hydrogens (tertiary/aromatic N) is 1. The second kappa shape index (κ2) is 6.24. The predicted molar refractivity (Wildman–Crippen MR) is 88.7 cm³/mol. The zero-order chi connectivity index (χ0) is 16.4. The van der Waals surface area contributed by atoms with E-state index in [4.69, 9.17) is 5.11 Å². The Morgan fingerprint density at radius 2 is 1.57 bits per heavy atom. The van der Waals surface area contributed by atoms with Crippen molar-refractivity contribution < 1.29 is 14.7 Å². The Labute approximate surface area is 135 Å². The minimum absolute atomic E-state index is 0.0741. The zero-order valence-electron chi connectivity index (χ0n) is 13.1. The number of aromatic carboxylic acids is 1. The third kappa shape index (κ3) is 3.11. The molecule has 0 aliphatic carbocycles. The van der Waals surface area contributed by atoms with Crippen molar-refractivity contribution in [2.75, 3.05) is 13.1 Å². The lowest BCUT2D eigenvalue weighted by Gasteiger charge is -2.15. The summed E-state index contributed by atoms with van der Waals surface area (Å²) >= 11 is 0. The highest BCUT2D eigenvalue weighted by molar-refractivity contribution is 5.95. The molecule has 1 aliphatic rings. The van der Waals surface area contributed by atoms with E-state index in [1.54, 1.807) is 12.1 Å². The monoisotopic (exact) mass is 309 g/mol. The van der Waals surface area contributed by atoms with Gasteiger partial charge >= 0.3 is 5.97 Å². The summed E-state index contributed by atoms with van der Waals surface area (Å²) in [6.45, 7) is 3.62. The van der Waals surface area contributed by atoms with Gasteiger partial charge in [-0.05, 0) is 60.7 Å². The topological polar surface area (TPSA) is 57.6 Å². The molecule has 0 saturated carbocycles. The van der Waals surface area contributed by atoms with E-state index < -0.39 is 5.97 Å². The minimum atomic E-state index is -0.938. The molecule has 1 fully saturated rings. The zero-order valence-corrected chi connectivity index (χ0v) is 13.1. The maximum Gasteiger partial charge on any atom is 0.335 e. The van der Waals surface area contributed by atoms with E-state index >= 15 is 0 Å². The first-order chi connectivity index (χ1) is 11.1. The molecule has 4 nitrogen and oxygen atoms in total. The Morgan fingerprint density at radius 1 is 0.957 bits per heavy atom. The quantitative estimate of drug-likeness (QED) is 0.942. The van der Waals surface area contributed by atoms with Crippen molar-refractivity contribution >= 4 is 11.9 Å². The van der Waals surface area contributed by atoms with Gasteiger partial charge in [0.2, 0.25) is 0 Å². The molecule has 0 radical (unpaired) electrons. The lowest BCUT2D eigenvalue weighted by Crippen LogP contribution is -2.27. The number of aryl methyl sites for hydroxylation is 1. The largest absolute Gasteiger partial charge is 0.478 e. The summed E-state index contributed by atoms with van der Waals surface area (Å²) in [6.07, 6.45) is 2.15. The fourth-order valence-electron chi connectivity index (χ4n) is 2.96. The Kier molecular flexibility index (Phi) is 4.15. The minimum Gasteiger partial charge on any atom is -0.478 e. The van der Waals surface area contributed by atoms with Crippen molar-refractivity contribution in [2.45, 2.75) is 19.8 Å².